The maximum absolute atomic E-state index is 15.2. The molecule has 11 nitrogen and oxygen atoms in total. The minimum Gasteiger partial charge on any atom is -0.495 e. The predicted octanol–water partition coefficient (Wildman–Crippen LogP) is 2.16. The van der Waals surface area contributed by atoms with Crippen molar-refractivity contribution < 1.29 is 28.2 Å². The van der Waals surface area contributed by atoms with Crippen LogP contribution in [0.15, 0.2) is 12.1 Å². The Labute approximate surface area is 235 Å². The highest BCUT2D eigenvalue weighted by molar-refractivity contribution is 6.01. The van der Waals surface area contributed by atoms with E-state index in [-0.39, 0.29) is 30.3 Å². The molecule has 1 atom stereocenters. The number of nitrogens with one attached hydrogen (secondary N) is 3. The van der Waals surface area contributed by atoms with Crippen molar-refractivity contribution in [1.29, 1.82) is 0 Å². The van der Waals surface area contributed by atoms with E-state index in [1.54, 1.807) is 6.07 Å². The molecule has 12 heteroatoms. The fraction of sp³-hybridized carbons (Fsp3) is 0.679. The van der Waals surface area contributed by atoms with E-state index >= 15 is 4.39 Å². The van der Waals surface area contributed by atoms with Crippen molar-refractivity contribution in [2.75, 3.05) is 69.7 Å². The predicted molar refractivity (Wildman–Crippen MR) is 150 cm³/mol. The Morgan fingerprint density at radius 3 is 2.27 bits per heavy atom. The molecular weight excluding hydrogens is 519 g/mol. The lowest BCUT2D eigenvalue weighted by atomic mass is 10.1. The number of anilines is 2. The van der Waals surface area contributed by atoms with E-state index in [9.17, 15) is 14.4 Å². The molecule has 0 spiro atoms. The molecule has 3 aliphatic heterocycles. The van der Waals surface area contributed by atoms with E-state index in [0.29, 0.717) is 36.6 Å². The van der Waals surface area contributed by atoms with E-state index in [1.807, 2.05) is 25.7 Å². The van der Waals surface area contributed by atoms with Gasteiger partial charge in [-0.3, -0.25) is 19.8 Å². The Balaban J connectivity index is 1.21. The van der Waals surface area contributed by atoms with Crippen LogP contribution in [0.5, 0.6) is 5.75 Å². The standard InChI is InChI=1S/C28H43FN6O5/c1-28(2,3)40-27(38)30-19-7-9-33(10-8-19)11-12-34-13-15-35(16-14-34)23-18-24(39-4)22(17-20(23)29)31-21-5-6-25(36)32-26(21)37/h17-19,21,31H,5-16H2,1-4H3,(H,30,38)(H,32,36,37). The van der Waals surface area contributed by atoms with Gasteiger partial charge in [-0.15, -0.1) is 0 Å². The first-order chi connectivity index (χ1) is 19.0. The van der Waals surface area contributed by atoms with Crippen LogP contribution in [0.4, 0.5) is 20.6 Å². The summed E-state index contributed by atoms with van der Waals surface area (Å²) in [6, 6.07) is 2.57. The van der Waals surface area contributed by atoms with E-state index < -0.39 is 17.6 Å². The van der Waals surface area contributed by atoms with Crippen LogP contribution in [-0.2, 0) is 14.3 Å². The molecule has 0 aliphatic carbocycles. The highest BCUT2D eigenvalue weighted by atomic mass is 19.1. The number of likely N-dealkylation sites (tertiary alicyclic amines) is 1. The van der Waals surface area contributed by atoms with Crippen molar-refractivity contribution in [3.8, 4) is 5.75 Å². The second kappa shape index (κ2) is 13.0. The molecule has 1 unspecified atom stereocenters. The number of benzene rings is 1. The second-order valence-corrected chi connectivity index (χ2v) is 11.7. The number of halogens is 1. The molecule has 0 saturated carbocycles. The van der Waals surface area contributed by atoms with Crippen molar-refractivity contribution in [2.24, 2.45) is 0 Å². The summed E-state index contributed by atoms with van der Waals surface area (Å²) in [4.78, 5) is 42.4. The quantitative estimate of drug-likeness (QED) is 0.410. The van der Waals surface area contributed by atoms with Gasteiger partial charge < -0.3 is 29.9 Å². The van der Waals surface area contributed by atoms with Gasteiger partial charge in [-0.2, -0.15) is 0 Å². The summed E-state index contributed by atoms with van der Waals surface area (Å²) in [6.45, 7) is 12.4. The number of nitrogens with zero attached hydrogens (tertiary/aromatic N) is 3. The van der Waals surface area contributed by atoms with E-state index in [2.05, 4.69) is 25.8 Å². The number of rotatable bonds is 8. The van der Waals surface area contributed by atoms with Crippen molar-refractivity contribution in [3.63, 3.8) is 0 Å². The fourth-order valence-electron chi connectivity index (χ4n) is 5.36. The summed E-state index contributed by atoms with van der Waals surface area (Å²) in [6.07, 6.45) is 2.05. The van der Waals surface area contributed by atoms with Gasteiger partial charge >= 0.3 is 6.09 Å². The fourth-order valence-corrected chi connectivity index (χ4v) is 5.36. The number of hydrogen-bond donors (Lipinski definition) is 3. The third-order valence-corrected chi connectivity index (χ3v) is 7.59. The van der Waals surface area contributed by atoms with Crippen molar-refractivity contribution in [3.05, 3.63) is 17.9 Å². The number of carbonyl (C=O) groups excluding carboxylic acids is 3. The normalized spacial score (nSPS) is 21.6. The van der Waals surface area contributed by atoms with Crippen LogP contribution in [0.2, 0.25) is 0 Å². The first kappa shape index (κ1) is 29.9. The number of hydrogen-bond acceptors (Lipinski definition) is 9. The monoisotopic (exact) mass is 562 g/mol. The molecular formula is C28H43FN6O5. The molecule has 3 N–H and O–H groups in total. The Hall–Kier alpha value is -3.12. The molecule has 0 radical (unpaired) electrons. The summed E-state index contributed by atoms with van der Waals surface area (Å²) in [7, 11) is 1.51. The zero-order chi connectivity index (χ0) is 28.9. The zero-order valence-corrected chi connectivity index (χ0v) is 24.1. The highest BCUT2D eigenvalue weighted by Crippen LogP contribution is 2.34. The number of alkyl carbamates (subject to hydrolysis) is 1. The number of piperazine rings is 1. The summed E-state index contributed by atoms with van der Waals surface area (Å²) >= 11 is 0. The van der Waals surface area contributed by atoms with Crippen LogP contribution in [0.25, 0.3) is 0 Å². The lowest BCUT2D eigenvalue weighted by molar-refractivity contribution is -0.133. The van der Waals surface area contributed by atoms with E-state index in [0.717, 1.165) is 52.1 Å². The number of piperidine rings is 2. The molecule has 0 bridgehead atoms. The SMILES string of the molecule is COc1cc(N2CCN(CCN3CCC(NC(=O)OC(C)(C)C)CC3)CC2)c(F)cc1NC1CCC(=O)NC1=O. The van der Waals surface area contributed by atoms with Gasteiger partial charge in [0.15, 0.2) is 0 Å². The summed E-state index contributed by atoms with van der Waals surface area (Å²) in [5.74, 6) is -0.645. The number of ether oxygens (including phenoxy) is 2. The molecule has 3 aliphatic rings. The number of imide groups is 1. The largest absolute Gasteiger partial charge is 0.495 e. The molecule has 3 amide bonds. The first-order valence-electron chi connectivity index (χ1n) is 14.2. The lowest BCUT2D eigenvalue weighted by Gasteiger charge is -2.38. The molecule has 1 aromatic rings. The minimum atomic E-state index is -0.618. The Morgan fingerprint density at radius 2 is 1.68 bits per heavy atom. The number of carbonyl (C=O) groups is 3. The number of methoxy groups -OCH3 is 1. The van der Waals surface area contributed by atoms with Gasteiger partial charge in [-0.25, -0.2) is 9.18 Å². The van der Waals surface area contributed by atoms with Gasteiger partial charge in [0.25, 0.3) is 0 Å². The maximum Gasteiger partial charge on any atom is 0.407 e. The average Bonchev–Trinajstić information content (AvgIpc) is 2.89. The van der Waals surface area contributed by atoms with Crippen LogP contribution in [0.1, 0.15) is 46.5 Å². The summed E-state index contributed by atoms with van der Waals surface area (Å²) in [5, 5.41) is 8.32. The maximum atomic E-state index is 15.2. The Kier molecular flexibility index (Phi) is 9.72. The zero-order valence-electron chi connectivity index (χ0n) is 24.1. The topological polar surface area (TPSA) is 115 Å². The Bertz CT molecular complexity index is 1060. The van der Waals surface area contributed by atoms with Crippen molar-refractivity contribution >= 4 is 29.3 Å². The molecule has 222 valence electrons. The molecule has 40 heavy (non-hydrogen) atoms. The lowest BCUT2D eigenvalue weighted by Crippen LogP contribution is -2.50. The van der Waals surface area contributed by atoms with Crippen LogP contribution in [-0.4, -0.2) is 105 Å². The van der Waals surface area contributed by atoms with Crippen molar-refractivity contribution in [1.82, 2.24) is 20.4 Å². The molecule has 3 saturated heterocycles. The van der Waals surface area contributed by atoms with Crippen molar-refractivity contribution in [2.45, 2.75) is 64.1 Å². The van der Waals surface area contributed by atoms with Gasteiger partial charge in [-0.05, 0) is 40.0 Å². The van der Waals surface area contributed by atoms with Crippen LogP contribution < -0.4 is 25.6 Å². The Morgan fingerprint density at radius 1 is 1.02 bits per heavy atom. The second-order valence-electron chi connectivity index (χ2n) is 11.7. The highest BCUT2D eigenvalue weighted by Gasteiger charge is 2.29. The van der Waals surface area contributed by atoms with Gasteiger partial charge in [-0.1, -0.05) is 0 Å². The minimum absolute atomic E-state index is 0.146. The van der Waals surface area contributed by atoms with Gasteiger partial charge in [0, 0.05) is 77.0 Å². The average molecular weight is 563 g/mol. The van der Waals surface area contributed by atoms with Gasteiger partial charge in [0.05, 0.1) is 18.5 Å². The smallest absolute Gasteiger partial charge is 0.407 e. The van der Waals surface area contributed by atoms with E-state index in [4.69, 9.17) is 9.47 Å². The third kappa shape index (κ3) is 8.20. The number of amides is 3. The van der Waals surface area contributed by atoms with Gasteiger partial charge in [0.1, 0.15) is 23.2 Å². The summed E-state index contributed by atoms with van der Waals surface area (Å²) < 4.78 is 26.1. The molecule has 3 fully saturated rings. The molecule has 1 aromatic carbocycles. The summed E-state index contributed by atoms with van der Waals surface area (Å²) in [5.41, 5.74) is 0.372. The third-order valence-electron chi connectivity index (χ3n) is 7.59. The molecule has 0 aromatic heterocycles. The van der Waals surface area contributed by atoms with Crippen LogP contribution in [0.3, 0.4) is 0 Å². The molecule has 3 heterocycles. The van der Waals surface area contributed by atoms with Gasteiger partial charge in [0.2, 0.25) is 11.8 Å². The molecule has 4 rings (SSSR count). The van der Waals surface area contributed by atoms with Crippen LogP contribution in [0, 0.1) is 5.82 Å². The first-order valence-corrected chi connectivity index (χ1v) is 14.2. The van der Waals surface area contributed by atoms with E-state index in [1.165, 1.54) is 13.2 Å². The van der Waals surface area contributed by atoms with Crippen LogP contribution >= 0.6 is 0 Å².